The first-order chi connectivity index (χ1) is 11.9. The number of fused-ring (bicyclic) bond motifs is 1. The second-order valence-corrected chi connectivity index (χ2v) is 7.41. The Morgan fingerprint density at radius 2 is 1.96 bits per heavy atom. The standard InChI is InChI=1S/C19H24N4O/c1-2-4-17-12-22(9-7-15(17)3-1)19-21-20-18(16-5-6-16)23(19)11-14-8-10-24-13-14/h1-4,14,16H,5-13H2. The molecule has 5 heteroatoms. The monoisotopic (exact) mass is 324 g/mol. The van der Waals surface area contributed by atoms with Crippen molar-refractivity contribution in [1.82, 2.24) is 14.8 Å². The summed E-state index contributed by atoms with van der Waals surface area (Å²) in [6, 6.07) is 8.78. The van der Waals surface area contributed by atoms with Gasteiger partial charge in [0.1, 0.15) is 5.82 Å². The molecule has 2 fully saturated rings. The first-order valence-corrected chi connectivity index (χ1v) is 9.21. The molecule has 5 nitrogen and oxygen atoms in total. The van der Waals surface area contributed by atoms with Crippen LogP contribution in [0.1, 0.15) is 42.1 Å². The van der Waals surface area contributed by atoms with E-state index in [4.69, 9.17) is 4.74 Å². The fourth-order valence-corrected chi connectivity index (χ4v) is 4.01. The molecule has 0 bridgehead atoms. The number of aromatic nitrogens is 3. The highest BCUT2D eigenvalue weighted by Crippen LogP contribution is 2.41. The average molecular weight is 324 g/mol. The van der Waals surface area contributed by atoms with Gasteiger partial charge in [-0.1, -0.05) is 24.3 Å². The Morgan fingerprint density at radius 3 is 2.75 bits per heavy atom. The molecule has 5 rings (SSSR count). The molecule has 2 aromatic rings. The van der Waals surface area contributed by atoms with Crippen LogP contribution in [0.2, 0.25) is 0 Å². The van der Waals surface area contributed by atoms with Gasteiger partial charge in [0.25, 0.3) is 0 Å². The normalized spacial score (nSPS) is 23.5. The fourth-order valence-electron chi connectivity index (χ4n) is 4.01. The number of hydrogen-bond donors (Lipinski definition) is 0. The molecule has 1 unspecified atom stereocenters. The van der Waals surface area contributed by atoms with Crippen molar-refractivity contribution in [2.75, 3.05) is 24.7 Å². The van der Waals surface area contributed by atoms with Gasteiger partial charge in [0.2, 0.25) is 5.95 Å². The molecule has 24 heavy (non-hydrogen) atoms. The topological polar surface area (TPSA) is 43.2 Å². The van der Waals surface area contributed by atoms with E-state index in [0.717, 1.165) is 51.6 Å². The minimum atomic E-state index is 0.606. The summed E-state index contributed by atoms with van der Waals surface area (Å²) >= 11 is 0. The van der Waals surface area contributed by atoms with E-state index in [-0.39, 0.29) is 0 Å². The third kappa shape index (κ3) is 2.61. The molecule has 1 atom stereocenters. The third-order valence-electron chi connectivity index (χ3n) is 5.58. The summed E-state index contributed by atoms with van der Waals surface area (Å²) in [6.45, 7) is 4.76. The van der Waals surface area contributed by atoms with Crippen molar-refractivity contribution in [3.05, 3.63) is 41.2 Å². The summed E-state index contributed by atoms with van der Waals surface area (Å²) in [6.07, 6.45) is 4.78. The lowest BCUT2D eigenvalue weighted by atomic mass is 10.0. The lowest BCUT2D eigenvalue weighted by Crippen LogP contribution is -2.33. The zero-order chi connectivity index (χ0) is 15.9. The molecule has 1 aromatic carbocycles. The van der Waals surface area contributed by atoms with Crippen molar-refractivity contribution in [3.8, 4) is 0 Å². The second kappa shape index (κ2) is 5.88. The minimum absolute atomic E-state index is 0.606. The van der Waals surface area contributed by atoms with Crippen molar-refractivity contribution in [3.63, 3.8) is 0 Å². The molecule has 0 amide bonds. The lowest BCUT2D eigenvalue weighted by molar-refractivity contribution is 0.182. The van der Waals surface area contributed by atoms with Crippen LogP contribution in [0.3, 0.4) is 0 Å². The Balaban J connectivity index is 1.45. The third-order valence-corrected chi connectivity index (χ3v) is 5.58. The zero-order valence-electron chi connectivity index (χ0n) is 14.0. The van der Waals surface area contributed by atoms with E-state index in [1.54, 1.807) is 0 Å². The van der Waals surface area contributed by atoms with Crippen molar-refractivity contribution >= 4 is 5.95 Å². The highest BCUT2D eigenvalue weighted by Gasteiger charge is 2.33. The average Bonchev–Trinajstić information content (AvgIpc) is 3.17. The van der Waals surface area contributed by atoms with E-state index < -0.39 is 0 Å². The molecule has 1 saturated heterocycles. The van der Waals surface area contributed by atoms with Crippen LogP contribution in [0.5, 0.6) is 0 Å². The number of ether oxygens (including phenoxy) is 1. The molecule has 1 aliphatic carbocycles. The van der Waals surface area contributed by atoms with Crippen LogP contribution in [0.15, 0.2) is 24.3 Å². The predicted octanol–water partition coefficient (Wildman–Crippen LogP) is 2.75. The van der Waals surface area contributed by atoms with Gasteiger partial charge in [0.05, 0.1) is 6.61 Å². The molecule has 3 heterocycles. The van der Waals surface area contributed by atoms with Crippen LogP contribution < -0.4 is 4.90 Å². The van der Waals surface area contributed by atoms with Crippen LogP contribution >= 0.6 is 0 Å². The molecular weight excluding hydrogens is 300 g/mol. The smallest absolute Gasteiger partial charge is 0.227 e. The van der Waals surface area contributed by atoms with Crippen LogP contribution in [0, 0.1) is 5.92 Å². The van der Waals surface area contributed by atoms with E-state index in [9.17, 15) is 0 Å². The molecule has 0 radical (unpaired) electrons. The highest BCUT2D eigenvalue weighted by atomic mass is 16.5. The summed E-state index contributed by atoms with van der Waals surface area (Å²) in [5.41, 5.74) is 2.90. The van der Waals surface area contributed by atoms with Gasteiger partial charge in [0.15, 0.2) is 0 Å². The second-order valence-electron chi connectivity index (χ2n) is 7.41. The SMILES string of the molecule is c1ccc2c(c1)CCN(c1nnc(C3CC3)n1CC1CCOC1)C2. The molecule has 1 aromatic heterocycles. The first kappa shape index (κ1) is 14.5. The predicted molar refractivity (Wildman–Crippen MR) is 92.1 cm³/mol. The maximum Gasteiger partial charge on any atom is 0.227 e. The number of hydrogen-bond acceptors (Lipinski definition) is 4. The van der Waals surface area contributed by atoms with Crippen LogP contribution in [-0.2, 0) is 24.2 Å². The molecule has 2 aliphatic heterocycles. The molecule has 0 spiro atoms. The number of nitrogens with zero attached hydrogens (tertiary/aromatic N) is 4. The van der Waals surface area contributed by atoms with Gasteiger partial charge in [-0.2, -0.15) is 0 Å². The van der Waals surface area contributed by atoms with E-state index in [1.807, 2.05) is 0 Å². The van der Waals surface area contributed by atoms with Gasteiger partial charge in [0, 0.05) is 38.1 Å². The number of anilines is 1. The lowest BCUT2D eigenvalue weighted by Gasteiger charge is -2.30. The summed E-state index contributed by atoms with van der Waals surface area (Å²) in [5, 5.41) is 9.20. The van der Waals surface area contributed by atoms with Gasteiger partial charge >= 0.3 is 0 Å². The number of rotatable bonds is 4. The minimum Gasteiger partial charge on any atom is -0.381 e. The maximum absolute atomic E-state index is 5.59. The molecule has 3 aliphatic rings. The Labute approximate surface area is 142 Å². The van der Waals surface area contributed by atoms with Crippen molar-refractivity contribution in [2.45, 2.75) is 44.7 Å². The summed E-state index contributed by atoms with van der Waals surface area (Å²) in [5.74, 6) is 3.51. The van der Waals surface area contributed by atoms with Gasteiger partial charge in [-0.25, -0.2) is 0 Å². The maximum atomic E-state index is 5.59. The molecule has 126 valence electrons. The van der Waals surface area contributed by atoms with Crippen molar-refractivity contribution in [2.24, 2.45) is 5.92 Å². The molecule has 1 saturated carbocycles. The van der Waals surface area contributed by atoms with Gasteiger partial charge in [-0.15, -0.1) is 10.2 Å². The Morgan fingerprint density at radius 1 is 1.08 bits per heavy atom. The molecule has 0 N–H and O–H groups in total. The number of benzene rings is 1. The Bertz CT molecular complexity index is 731. The summed E-state index contributed by atoms with van der Waals surface area (Å²) < 4.78 is 7.99. The Kier molecular flexibility index (Phi) is 3.55. The quantitative estimate of drug-likeness (QED) is 0.867. The highest BCUT2D eigenvalue weighted by molar-refractivity contribution is 5.41. The zero-order valence-corrected chi connectivity index (χ0v) is 14.0. The van der Waals surface area contributed by atoms with Crippen LogP contribution in [0.4, 0.5) is 5.95 Å². The largest absolute Gasteiger partial charge is 0.381 e. The Hall–Kier alpha value is -1.88. The molecular formula is C19H24N4O. The van der Waals surface area contributed by atoms with Crippen LogP contribution in [0.25, 0.3) is 0 Å². The van der Waals surface area contributed by atoms with Crippen molar-refractivity contribution < 1.29 is 4.74 Å². The van der Waals surface area contributed by atoms with Gasteiger partial charge < -0.3 is 9.64 Å². The van der Waals surface area contributed by atoms with Gasteiger partial charge in [-0.3, -0.25) is 4.57 Å². The fraction of sp³-hybridized carbons (Fsp3) is 0.579. The van der Waals surface area contributed by atoms with E-state index >= 15 is 0 Å². The van der Waals surface area contributed by atoms with E-state index in [0.29, 0.717) is 11.8 Å². The summed E-state index contributed by atoms with van der Waals surface area (Å²) in [4.78, 5) is 2.41. The first-order valence-electron chi connectivity index (χ1n) is 9.21. The van der Waals surface area contributed by atoms with E-state index in [2.05, 4.69) is 43.9 Å². The summed E-state index contributed by atoms with van der Waals surface area (Å²) in [7, 11) is 0. The van der Waals surface area contributed by atoms with Crippen LogP contribution in [-0.4, -0.2) is 34.5 Å². The van der Waals surface area contributed by atoms with Crippen molar-refractivity contribution in [1.29, 1.82) is 0 Å². The van der Waals surface area contributed by atoms with E-state index in [1.165, 1.54) is 29.8 Å². The van der Waals surface area contributed by atoms with Gasteiger partial charge in [-0.05, 0) is 36.8 Å².